The van der Waals surface area contributed by atoms with Crippen LogP contribution in [0.25, 0.3) is 6.08 Å². The fourth-order valence-corrected chi connectivity index (χ4v) is 4.21. The normalized spacial score (nSPS) is 17.4. The van der Waals surface area contributed by atoms with Gasteiger partial charge in [-0.2, -0.15) is 0 Å². The third kappa shape index (κ3) is 6.53. The maximum atomic E-state index is 13.4. The Balaban J connectivity index is 1.53. The predicted octanol–water partition coefficient (Wildman–Crippen LogP) is 2.25. The number of carbonyl (C=O) groups excluding carboxylic acids is 2. The van der Waals surface area contributed by atoms with E-state index < -0.39 is 6.10 Å². The Morgan fingerprint density at radius 2 is 2.00 bits per heavy atom. The molecule has 10 nitrogen and oxygen atoms in total. The van der Waals surface area contributed by atoms with Crippen molar-refractivity contribution < 1.29 is 24.3 Å². The lowest BCUT2D eigenvalue weighted by Gasteiger charge is -2.32. The number of aliphatic imine (C=N–C) groups is 1. The zero-order valence-corrected chi connectivity index (χ0v) is 20.9. The van der Waals surface area contributed by atoms with Gasteiger partial charge in [-0.3, -0.25) is 14.4 Å². The van der Waals surface area contributed by atoms with Crippen LogP contribution >= 0.6 is 0 Å². The minimum atomic E-state index is -0.392. The summed E-state index contributed by atoms with van der Waals surface area (Å²) in [7, 11) is 0. The first-order chi connectivity index (χ1) is 17.9. The summed E-state index contributed by atoms with van der Waals surface area (Å²) in [6.45, 7) is 3.60. The molecule has 2 aromatic carbocycles. The Kier molecular flexibility index (Phi) is 8.54. The number of nitrogens with zero attached hydrogens (tertiary/aromatic N) is 3. The van der Waals surface area contributed by atoms with Crippen LogP contribution in [0.5, 0.6) is 0 Å². The molecule has 196 valence electrons. The lowest BCUT2D eigenvalue weighted by Crippen LogP contribution is -2.46. The van der Waals surface area contributed by atoms with E-state index in [9.17, 15) is 14.7 Å². The molecule has 4 rings (SSSR count). The fourth-order valence-electron chi connectivity index (χ4n) is 4.21. The highest BCUT2D eigenvalue weighted by atomic mass is 16.7. The minimum Gasteiger partial charge on any atom is -0.399 e. The van der Waals surface area contributed by atoms with E-state index in [1.54, 1.807) is 41.3 Å². The minimum absolute atomic E-state index is 0.144. The second-order valence-electron chi connectivity index (χ2n) is 9.07. The Labute approximate surface area is 216 Å². The smallest absolute Gasteiger partial charge is 0.273 e. The van der Waals surface area contributed by atoms with E-state index in [0.717, 1.165) is 5.56 Å². The van der Waals surface area contributed by atoms with Crippen LogP contribution in [0.15, 0.2) is 53.0 Å². The number of rotatable bonds is 8. The summed E-state index contributed by atoms with van der Waals surface area (Å²) in [6.07, 6.45) is 2.23. The number of benzene rings is 2. The molecule has 37 heavy (non-hydrogen) atoms. The number of hydroxylamine groups is 2. The number of carbonyl (C=O) groups is 2. The van der Waals surface area contributed by atoms with Crippen molar-refractivity contribution in [3.63, 3.8) is 0 Å². The standard InChI is InChI=1S/C27H33N5O5/c1-2-9-32(37-17-18-3-7-22(28)8-4-18)27(35)21-12-19-5-6-20(13-24(19)30-25(29)14-21)26(34)31-10-11-36-23(15-31)16-33/h3-8,12-13,23,33H,2,9-11,14-17,28H2,1H3,(H2,29,30). The molecule has 10 heteroatoms. The van der Waals surface area contributed by atoms with Gasteiger partial charge in [0.1, 0.15) is 12.4 Å². The fraction of sp³-hybridized carbons (Fsp3) is 0.370. The molecule has 2 aromatic rings. The van der Waals surface area contributed by atoms with Crippen molar-refractivity contribution in [2.75, 3.05) is 38.6 Å². The van der Waals surface area contributed by atoms with E-state index in [1.165, 1.54) is 5.06 Å². The van der Waals surface area contributed by atoms with Crippen molar-refractivity contribution in [2.24, 2.45) is 10.7 Å². The molecule has 1 atom stereocenters. The van der Waals surface area contributed by atoms with E-state index in [-0.39, 0.29) is 37.3 Å². The quantitative estimate of drug-likeness (QED) is 0.367. The van der Waals surface area contributed by atoms with Crippen LogP contribution < -0.4 is 11.5 Å². The van der Waals surface area contributed by atoms with E-state index in [4.69, 9.17) is 21.0 Å². The van der Waals surface area contributed by atoms with Crippen molar-refractivity contribution in [1.82, 2.24) is 9.96 Å². The first kappa shape index (κ1) is 26.3. The average molecular weight is 508 g/mol. The van der Waals surface area contributed by atoms with Crippen molar-refractivity contribution in [2.45, 2.75) is 32.5 Å². The first-order valence-corrected chi connectivity index (χ1v) is 12.4. The van der Waals surface area contributed by atoms with E-state index in [0.29, 0.717) is 60.7 Å². The molecule has 0 saturated carbocycles. The van der Waals surface area contributed by atoms with Crippen LogP contribution in [0.1, 0.15) is 41.3 Å². The number of aliphatic hydroxyl groups excluding tert-OH is 1. The molecule has 0 aliphatic carbocycles. The molecule has 2 amide bonds. The van der Waals surface area contributed by atoms with E-state index >= 15 is 0 Å². The Morgan fingerprint density at radius 3 is 2.73 bits per heavy atom. The monoisotopic (exact) mass is 507 g/mol. The number of nitrogens with two attached hydrogens (primary N) is 2. The van der Waals surface area contributed by atoms with Gasteiger partial charge in [0.05, 0.1) is 25.0 Å². The summed E-state index contributed by atoms with van der Waals surface area (Å²) >= 11 is 0. The number of hydrogen-bond acceptors (Lipinski definition) is 8. The second-order valence-corrected chi connectivity index (χ2v) is 9.07. The lowest BCUT2D eigenvalue weighted by molar-refractivity contribution is -0.187. The van der Waals surface area contributed by atoms with Gasteiger partial charge in [-0.1, -0.05) is 25.1 Å². The molecule has 2 heterocycles. The molecular weight excluding hydrogens is 474 g/mol. The second kappa shape index (κ2) is 12.0. The number of nitrogen functional groups attached to an aromatic ring is 1. The van der Waals surface area contributed by atoms with Gasteiger partial charge in [-0.05, 0) is 42.3 Å². The Bertz CT molecular complexity index is 1190. The maximum absolute atomic E-state index is 13.4. The summed E-state index contributed by atoms with van der Waals surface area (Å²) in [6, 6.07) is 12.4. The molecule has 0 aromatic heterocycles. The molecule has 2 aliphatic rings. The molecule has 0 radical (unpaired) electrons. The number of morpholine rings is 1. The number of amides is 2. The van der Waals surface area contributed by atoms with Gasteiger partial charge in [-0.25, -0.2) is 10.1 Å². The topological polar surface area (TPSA) is 144 Å². The molecule has 0 spiro atoms. The van der Waals surface area contributed by atoms with Gasteiger partial charge in [0.15, 0.2) is 0 Å². The van der Waals surface area contributed by atoms with Crippen LogP contribution in [0, 0.1) is 0 Å². The Morgan fingerprint density at radius 1 is 1.22 bits per heavy atom. The third-order valence-electron chi connectivity index (χ3n) is 6.17. The largest absolute Gasteiger partial charge is 0.399 e. The molecular formula is C27H33N5O5. The van der Waals surface area contributed by atoms with Crippen LogP contribution in [-0.2, 0) is 21.0 Å². The van der Waals surface area contributed by atoms with Crippen molar-refractivity contribution in [3.8, 4) is 0 Å². The maximum Gasteiger partial charge on any atom is 0.273 e. The van der Waals surface area contributed by atoms with E-state index in [1.807, 2.05) is 19.1 Å². The summed E-state index contributed by atoms with van der Waals surface area (Å²) < 4.78 is 5.44. The predicted molar refractivity (Wildman–Crippen MR) is 141 cm³/mol. The molecule has 1 saturated heterocycles. The SMILES string of the molecule is CCCN(OCc1ccc(N)cc1)C(=O)C1=Cc2ccc(C(=O)N3CCOC(CO)C3)cc2N=C(N)C1. The summed E-state index contributed by atoms with van der Waals surface area (Å²) in [5, 5.41) is 10.7. The van der Waals surface area contributed by atoms with Gasteiger partial charge in [0.2, 0.25) is 0 Å². The first-order valence-electron chi connectivity index (χ1n) is 12.4. The summed E-state index contributed by atoms with van der Waals surface area (Å²) in [5.41, 5.74) is 15.6. The van der Waals surface area contributed by atoms with Crippen LogP contribution in [-0.4, -0.2) is 71.7 Å². The zero-order chi connectivity index (χ0) is 26.4. The molecule has 5 N–H and O–H groups in total. The number of anilines is 1. The van der Waals surface area contributed by atoms with Crippen LogP contribution in [0.4, 0.5) is 11.4 Å². The number of aliphatic hydroxyl groups is 1. The Hall–Kier alpha value is -3.73. The summed E-state index contributed by atoms with van der Waals surface area (Å²) in [4.78, 5) is 38.5. The molecule has 2 aliphatic heterocycles. The zero-order valence-electron chi connectivity index (χ0n) is 20.9. The van der Waals surface area contributed by atoms with Gasteiger partial charge < -0.3 is 26.2 Å². The van der Waals surface area contributed by atoms with E-state index in [2.05, 4.69) is 4.99 Å². The van der Waals surface area contributed by atoms with Crippen LogP contribution in [0.3, 0.4) is 0 Å². The highest BCUT2D eigenvalue weighted by molar-refractivity contribution is 6.05. The number of ether oxygens (including phenoxy) is 1. The van der Waals surface area contributed by atoms with Gasteiger partial charge in [0.25, 0.3) is 11.8 Å². The number of amidine groups is 1. The highest BCUT2D eigenvalue weighted by Gasteiger charge is 2.26. The van der Waals surface area contributed by atoms with Gasteiger partial charge >= 0.3 is 0 Å². The molecule has 1 unspecified atom stereocenters. The number of fused-ring (bicyclic) bond motifs is 1. The van der Waals surface area contributed by atoms with Gasteiger partial charge in [0, 0.05) is 48.4 Å². The average Bonchev–Trinajstić information content (AvgIpc) is 3.08. The molecule has 1 fully saturated rings. The highest BCUT2D eigenvalue weighted by Crippen LogP contribution is 2.29. The number of hydrogen-bond donors (Lipinski definition) is 3. The lowest BCUT2D eigenvalue weighted by atomic mass is 10.0. The van der Waals surface area contributed by atoms with Crippen LogP contribution in [0.2, 0.25) is 0 Å². The van der Waals surface area contributed by atoms with Crippen molar-refractivity contribution in [3.05, 3.63) is 64.7 Å². The van der Waals surface area contributed by atoms with Crippen molar-refractivity contribution in [1.29, 1.82) is 0 Å². The molecule has 0 bridgehead atoms. The summed E-state index contributed by atoms with van der Waals surface area (Å²) in [5.74, 6) is -0.190. The third-order valence-corrected chi connectivity index (χ3v) is 6.17. The van der Waals surface area contributed by atoms with Crippen molar-refractivity contribution >= 4 is 35.1 Å². The van der Waals surface area contributed by atoms with Gasteiger partial charge in [-0.15, -0.1) is 0 Å².